The van der Waals surface area contributed by atoms with Gasteiger partial charge in [-0.1, -0.05) is 60.4 Å². The molecule has 0 amide bonds. The Bertz CT molecular complexity index is 996. The molecule has 176 valence electrons. The third-order valence-corrected chi connectivity index (χ3v) is 8.12. The van der Waals surface area contributed by atoms with Gasteiger partial charge in [0, 0.05) is 50.7 Å². The van der Waals surface area contributed by atoms with Crippen LogP contribution in [-0.2, 0) is 13.0 Å². The van der Waals surface area contributed by atoms with Crippen LogP contribution < -0.4 is 10.2 Å². The van der Waals surface area contributed by atoms with Crippen LogP contribution >= 0.6 is 11.3 Å². The molecular weight excluding hydrogens is 428 g/mol. The number of benzene rings is 1. The average molecular weight is 465 g/mol. The second kappa shape index (κ2) is 10.8. The molecule has 0 radical (unpaired) electrons. The van der Waals surface area contributed by atoms with E-state index in [-0.39, 0.29) is 0 Å². The molecule has 0 unspecified atom stereocenters. The molecule has 3 heterocycles. The van der Waals surface area contributed by atoms with Gasteiger partial charge in [-0.25, -0.2) is 0 Å². The summed E-state index contributed by atoms with van der Waals surface area (Å²) in [5.74, 6) is 0. The monoisotopic (exact) mass is 464 g/mol. The fourth-order valence-corrected chi connectivity index (χ4v) is 6.02. The maximum absolute atomic E-state index is 4.55. The van der Waals surface area contributed by atoms with E-state index in [9.17, 15) is 0 Å². The zero-order valence-electron chi connectivity index (χ0n) is 19.7. The first-order valence-electron chi connectivity index (χ1n) is 12.5. The van der Waals surface area contributed by atoms with Gasteiger partial charge in [0.25, 0.3) is 0 Å². The molecule has 0 bridgehead atoms. The fourth-order valence-electron chi connectivity index (χ4n) is 5.11. The second-order valence-electron chi connectivity index (χ2n) is 9.46. The average Bonchev–Trinajstić information content (AvgIpc) is 3.53. The summed E-state index contributed by atoms with van der Waals surface area (Å²) in [6.45, 7) is 8.34. The molecule has 0 spiro atoms. The molecule has 5 rings (SSSR count). The lowest BCUT2D eigenvalue weighted by atomic mass is 9.94. The van der Waals surface area contributed by atoms with Crippen molar-refractivity contribution in [2.24, 2.45) is 0 Å². The van der Waals surface area contributed by atoms with Gasteiger partial charge < -0.3 is 10.2 Å². The molecule has 2 aromatic heterocycles. The number of hydrogen-bond acceptors (Lipinski definition) is 6. The number of anilines is 1. The predicted octanol–water partition coefficient (Wildman–Crippen LogP) is 4.42. The Labute approximate surface area is 201 Å². The fraction of sp³-hybridized carbons (Fsp3) is 0.538. The van der Waals surface area contributed by atoms with E-state index >= 15 is 0 Å². The third-order valence-electron chi connectivity index (χ3n) is 7.14. The SMILES string of the molecule is Cc1ccc(CCNCc2cccn2-c2nnc(N3CCN(C4CCCCC4)CC3)s2)cc1. The number of nitrogens with zero attached hydrogens (tertiary/aromatic N) is 5. The van der Waals surface area contributed by atoms with Crippen molar-refractivity contribution in [3.63, 3.8) is 0 Å². The molecule has 1 saturated heterocycles. The summed E-state index contributed by atoms with van der Waals surface area (Å²) in [7, 11) is 0. The topological polar surface area (TPSA) is 49.2 Å². The molecule has 3 aromatic rings. The van der Waals surface area contributed by atoms with Gasteiger partial charge in [0.15, 0.2) is 0 Å². The Morgan fingerprint density at radius 3 is 2.48 bits per heavy atom. The lowest BCUT2D eigenvalue weighted by Crippen LogP contribution is -2.50. The van der Waals surface area contributed by atoms with Gasteiger partial charge in [0.2, 0.25) is 10.3 Å². The van der Waals surface area contributed by atoms with Gasteiger partial charge >= 0.3 is 0 Å². The van der Waals surface area contributed by atoms with Gasteiger partial charge in [-0.15, -0.1) is 10.2 Å². The van der Waals surface area contributed by atoms with E-state index in [0.29, 0.717) is 0 Å². The summed E-state index contributed by atoms with van der Waals surface area (Å²) >= 11 is 1.71. The molecule has 2 fully saturated rings. The second-order valence-corrected chi connectivity index (χ2v) is 10.4. The lowest BCUT2D eigenvalue weighted by Gasteiger charge is -2.40. The van der Waals surface area contributed by atoms with Crippen LogP contribution in [0.25, 0.3) is 5.13 Å². The van der Waals surface area contributed by atoms with E-state index < -0.39 is 0 Å². The maximum Gasteiger partial charge on any atom is 0.218 e. The highest BCUT2D eigenvalue weighted by molar-refractivity contribution is 7.17. The molecule has 0 atom stereocenters. The number of nitrogens with one attached hydrogen (secondary N) is 1. The van der Waals surface area contributed by atoms with Crippen LogP contribution in [0.15, 0.2) is 42.6 Å². The van der Waals surface area contributed by atoms with Gasteiger partial charge in [-0.3, -0.25) is 9.47 Å². The molecular formula is C26H36N6S. The van der Waals surface area contributed by atoms with Gasteiger partial charge in [-0.2, -0.15) is 0 Å². The van der Waals surface area contributed by atoms with Gasteiger partial charge in [0.05, 0.1) is 0 Å². The van der Waals surface area contributed by atoms with Gasteiger partial charge in [0.1, 0.15) is 0 Å². The minimum atomic E-state index is 0.812. The molecule has 2 aliphatic rings. The molecule has 1 aliphatic carbocycles. The highest BCUT2D eigenvalue weighted by Crippen LogP contribution is 2.28. The Kier molecular flexibility index (Phi) is 7.39. The van der Waals surface area contributed by atoms with Crippen molar-refractivity contribution in [1.82, 2.24) is 25.0 Å². The molecule has 33 heavy (non-hydrogen) atoms. The summed E-state index contributed by atoms with van der Waals surface area (Å²) in [6.07, 6.45) is 10.2. The van der Waals surface area contributed by atoms with Crippen molar-refractivity contribution in [3.8, 4) is 5.13 Å². The van der Waals surface area contributed by atoms with Crippen molar-refractivity contribution in [2.45, 2.75) is 58.0 Å². The Balaban J connectivity index is 1.13. The highest BCUT2D eigenvalue weighted by atomic mass is 32.1. The molecule has 1 saturated carbocycles. The van der Waals surface area contributed by atoms with Crippen LogP contribution in [-0.4, -0.2) is 58.4 Å². The quantitative estimate of drug-likeness (QED) is 0.500. The summed E-state index contributed by atoms with van der Waals surface area (Å²) in [5, 5.41) is 14.7. The number of aromatic nitrogens is 3. The van der Waals surface area contributed by atoms with Crippen LogP contribution in [0.1, 0.15) is 48.9 Å². The summed E-state index contributed by atoms with van der Waals surface area (Å²) in [5.41, 5.74) is 3.91. The third kappa shape index (κ3) is 5.65. The number of hydrogen-bond donors (Lipinski definition) is 1. The number of piperazine rings is 1. The van der Waals surface area contributed by atoms with E-state index in [1.54, 1.807) is 11.3 Å². The predicted molar refractivity (Wildman–Crippen MR) is 136 cm³/mol. The molecule has 1 aliphatic heterocycles. The Hall–Kier alpha value is -2.22. The van der Waals surface area contributed by atoms with Crippen molar-refractivity contribution in [1.29, 1.82) is 0 Å². The Morgan fingerprint density at radius 2 is 1.70 bits per heavy atom. The zero-order chi connectivity index (χ0) is 22.5. The largest absolute Gasteiger partial charge is 0.344 e. The van der Waals surface area contributed by atoms with E-state index in [2.05, 4.69) is 79.4 Å². The maximum atomic E-state index is 4.55. The number of rotatable bonds is 8. The normalized spacial score (nSPS) is 18.2. The zero-order valence-corrected chi connectivity index (χ0v) is 20.6. The summed E-state index contributed by atoms with van der Waals surface area (Å²) < 4.78 is 2.18. The standard InChI is InChI=1S/C26H36N6S/c1-21-9-11-22(12-10-21)13-14-27-20-24-8-5-15-32(24)26-29-28-25(33-26)31-18-16-30(17-19-31)23-6-3-2-4-7-23/h5,8-12,15,23,27H,2-4,6-7,13-14,16-20H2,1H3. The van der Waals surface area contributed by atoms with Crippen molar-refractivity contribution >= 4 is 16.5 Å². The lowest BCUT2D eigenvalue weighted by molar-refractivity contribution is 0.148. The van der Waals surface area contributed by atoms with Crippen molar-refractivity contribution in [2.75, 3.05) is 37.6 Å². The number of aryl methyl sites for hydroxylation is 1. The van der Waals surface area contributed by atoms with Crippen LogP contribution in [0.2, 0.25) is 0 Å². The minimum absolute atomic E-state index is 0.812. The van der Waals surface area contributed by atoms with E-state index in [0.717, 1.165) is 62.0 Å². The first-order chi connectivity index (χ1) is 16.3. The molecule has 7 heteroatoms. The van der Waals surface area contributed by atoms with Crippen LogP contribution in [0, 0.1) is 6.92 Å². The van der Waals surface area contributed by atoms with Crippen molar-refractivity contribution < 1.29 is 0 Å². The van der Waals surface area contributed by atoms with E-state index in [1.165, 1.54) is 48.9 Å². The molecule has 1 aromatic carbocycles. The van der Waals surface area contributed by atoms with Crippen LogP contribution in [0.5, 0.6) is 0 Å². The van der Waals surface area contributed by atoms with Crippen LogP contribution in [0.3, 0.4) is 0 Å². The summed E-state index contributed by atoms with van der Waals surface area (Å²) in [4.78, 5) is 5.13. The minimum Gasteiger partial charge on any atom is -0.344 e. The first kappa shape index (κ1) is 22.6. The van der Waals surface area contributed by atoms with E-state index in [1.807, 2.05) is 0 Å². The molecule has 1 N–H and O–H groups in total. The highest BCUT2D eigenvalue weighted by Gasteiger charge is 2.26. The van der Waals surface area contributed by atoms with Gasteiger partial charge in [-0.05, 0) is 50.4 Å². The molecule has 6 nitrogen and oxygen atoms in total. The van der Waals surface area contributed by atoms with E-state index in [4.69, 9.17) is 0 Å². The van der Waals surface area contributed by atoms with Crippen LogP contribution in [0.4, 0.5) is 5.13 Å². The summed E-state index contributed by atoms with van der Waals surface area (Å²) in [6, 6.07) is 13.9. The van der Waals surface area contributed by atoms with Crippen molar-refractivity contribution in [3.05, 3.63) is 59.4 Å². The first-order valence-corrected chi connectivity index (χ1v) is 13.3. The smallest absolute Gasteiger partial charge is 0.218 e. The Morgan fingerprint density at radius 1 is 0.939 bits per heavy atom.